The number of ether oxygens (including phenoxy) is 1. The van der Waals surface area contributed by atoms with Crippen molar-refractivity contribution in [2.75, 3.05) is 19.8 Å². The number of imidazole rings is 1. The topological polar surface area (TPSA) is 58.2 Å². The fourth-order valence-electron chi connectivity index (χ4n) is 3.52. The standard InChI is InChI=1S/C18H20FN3O2/c1-12-10-20-16(21-12)15-11-24-9-8-22(15)17(23)18(6-7-18)13-4-2-3-5-14(13)19/h2-5,10,15H,6-9,11H2,1H3,(H,20,21)/t15-/m1/s1. The van der Waals surface area contributed by atoms with Crippen molar-refractivity contribution < 1.29 is 13.9 Å². The molecule has 1 aromatic carbocycles. The lowest BCUT2D eigenvalue weighted by atomic mass is 9.93. The van der Waals surface area contributed by atoms with Crippen LogP contribution in [0.1, 0.15) is 36.0 Å². The van der Waals surface area contributed by atoms with E-state index in [1.54, 1.807) is 29.3 Å². The zero-order valence-corrected chi connectivity index (χ0v) is 13.6. The summed E-state index contributed by atoms with van der Waals surface area (Å²) in [5, 5.41) is 0. The second-order valence-electron chi connectivity index (χ2n) is 6.60. The first-order valence-electron chi connectivity index (χ1n) is 8.27. The first-order chi connectivity index (χ1) is 11.6. The van der Waals surface area contributed by atoms with E-state index in [-0.39, 0.29) is 17.8 Å². The van der Waals surface area contributed by atoms with E-state index in [9.17, 15) is 9.18 Å². The summed E-state index contributed by atoms with van der Waals surface area (Å²) >= 11 is 0. The van der Waals surface area contributed by atoms with E-state index < -0.39 is 5.41 Å². The van der Waals surface area contributed by atoms with Crippen molar-refractivity contribution >= 4 is 5.91 Å². The Bertz CT molecular complexity index is 769. The Balaban J connectivity index is 1.66. The van der Waals surface area contributed by atoms with Gasteiger partial charge in [0.15, 0.2) is 0 Å². The summed E-state index contributed by atoms with van der Waals surface area (Å²) in [4.78, 5) is 22.7. The van der Waals surface area contributed by atoms with Gasteiger partial charge in [0.2, 0.25) is 5.91 Å². The molecule has 1 N–H and O–H groups in total. The number of morpholine rings is 1. The molecule has 1 saturated heterocycles. The summed E-state index contributed by atoms with van der Waals surface area (Å²) in [6.07, 6.45) is 3.12. The first-order valence-corrected chi connectivity index (χ1v) is 8.27. The third-order valence-electron chi connectivity index (χ3n) is 4.98. The highest BCUT2D eigenvalue weighted by Crippen LogP contribution is 2.51. The number of benzene rings is 1. The van der Waals surface area contributed by atoms with Crippen LogP contribution in [-0.2, 0) is 14.9 Å². The number of carbonyl (C=O) groups is 1. The van der Waals surface area contributed by atoms with Gasteiger partial charge in [0.05, 0.1) is 18.6 Å². The molecule has 6 heteroatoms. The van der Waals surface area contributed by atoms with Crippen LogP contribution >= 0.6 is 0 Å². The maximum atomic E-state index is 14.3. The second-order valence-corrected chi connectivity index (χ2v) is 6.60. The molecule has 2 aliphatic rings. The van der Waals surface area contributed by atoms with Gasteiger partial charge in [0.1, 0.15) is 17.7 Å². The molecule has 1 atom stereocenters. The third-order valence-corrected chi connectivity index (χ3v) is 4.98. The highest BCUT2D eigenvalue weighted by molar-refractivity contribution is 5.91. The number of nitrogens with one attached hydrogen (secondary N) is 1. The van der Waals surface area contributed by atoms with Crippen molar-refractivity contribution in [3.63, 3.8) is 0 Å². The number of aromatic amines is 1. The van der Waals surface area contributed by atoms with Crippen LogP contribution in [0.4, 0.5) is 4.39 Å². The average molecular weight is 329 g/mol. The number of hydrogen-bond acceptors (Lipinski definition) is 3. The molecule has 1 aromatic heterocycles. The lowest BCUT2D eigenvalue weighted by Crippen LogP contribution is -2.48. The minimum atomic E-state index is -0.720. The monoisotopic (exact) mass is 329 g/mol. The Kier molecular flexibility index (Phi) is 3.64. The number of rotatable bonds is 3. The molecule has 0 radical (unpaired) electrons. The van der Waals surface area contributed by atoms with Crippen LogP contribution in [0.15, 0.2) is 30.5 Å². The second kappa shape index (κ2) is 5.70. The Hall–Kier alpha value is -2.21. The minimum absolute atomic E-state index is 0.0186. The predicted molar refractivity (Wildman–Crippen MR) is 85.9 cm³/mol. The van der Waals surface area contributed by atoms with Crippen LogP contribution in [0, 0.1) is 12.7 Å². The molecule has 2 aromatic rings. The highest BCUT2D eigenvalue weighted by Gasteiger charge is 2.55. The number of H-pyrrole nitrogens is 1. The Morgan fingerprint density at radius 3 is 2.88 bits per heavy atom. The molecule has 24 heavy (non-hydrogen) atoms. The zero-order chi connectivity index (χ0) is 16.7. The molecule has 2 heterocycles. The highest BCUT2D eigenvalue weighted by atomic mass is 19.1. The van der Waals surface area contributed by atoms with E-state index in [0.29, 0.717) is 38.2 Å². The Morgan fingerprint density at radius 2 is 2.21 bits per heavy atom. The number of amides is 1. The number of hydrogen-bond donors (Lipinski definition) is 1. The SMILES string of the molecule is Cc1cnc([C@H]2COCCN2C(=O)C2(c3ccccc3F)CC2)[nH]1. The summed E-state index contributed by atoms with van der Waals surface area (Å²) < 4.78 is 19.8. The van der Waals surface area contributed by atoms with Crippen LogP contribution in [0.3, 0.4) is 0 Å². The van der Waals surface area contributed by atoms with Crippen molar-refractivity contribution in [2.45, 2.75) is 31.2 Å². The van der Waals surface area contributed by atoms with E-state index in [4.69, 9.17) is 4.74 Å². The summed E-state index contributed by atoms with van der Waals surface area (Å²) in [5.74, 6) is 0.404. The molecular formula is C18H20FN3O2. The maximum absolute atomic E-state index is 14.3. The fraction of sp³-hybridized carbons (Fsp3) is 0.444. The third kappa shape index (κ3) is 2.41. The molecule has 2 fully saturated rings. The van der Waals surface area contributed by atoms with Gasteiger partial charge in [-0.15, -0.1) is 0 Å². The van der Waals surface area contributed by atoms with Gasteiger partial charge in [-0.25, -0.2) is 9.37 Å². The Labute approximate surface area is 139 Å². The van der Waals surface area contributed by atoms with Gasteiger partial charge >= 0.3 is 0 Å². The number of aryl methyl sites for hydroxylation is 1. The van der Waals surface area contributed by atoms with Crippen molar-refractivity contribution in [3.05, 3.63) is 53.4 Å². The molecule has 4 rings (SSSR count). The van der Waals surface area contributed by atoms with E-state index in [1.165, 1.54) is 6.07 Å². The van der Waals surface area contributed by atoms with Gasteiger partial charge in [-0.05, 0) is 25.8 Å². The lowest BCUT2D eigenvalue weighted by Gasteiger charge is -2.37. The van der Waals surface area contributed by atoms with E-state index in [1.807, 2.05) is 6.92 Å². The number of halogens is 1. The largest absolute Gasteiger partial charge is 0.377 e. The molecule has 0 unspecified atom stereocenters. The minimum Gasteiger partial charge on any atom is -0.377 e. The van der Waals surface area contributed by atoms with Gasteiger partial charge in [-0.3, -0.25) is 4.79 Å². The zero-order valence-electron chi connectivity index (χ0n) is 13.6. The van der Waals surface area contributed by atoms with Gasteiger partial charge < -0.3 is 14.6 Å². The molecule has 1 aliphatic heterocycles. The van der Waals surface area contributed by atoms with E-state index >= 15 is 0 Å². The van der Waals surface area contributed by atoms with Crippen LogP contribution in [0.2, 0.25) is 0 Å². The molecule has 5 nitrogen and oxygen atoms in total. The molecule has 0 spiro atoms. The van der Waals surface area contributed by atoms with Crippen molar-refractivity contribution in [3.8, 4) is 0 Å². The van der Waals surface area contributed by atoms with Crippen molar-refractivity contribution in [1.29, 1.82) is 0 Å². The lowest BCUT2D eigenvalue weighted by molar-refractivity contribution is -0.143. The molecule has 126 valence electrons. The Morgan fingerprint density at radius 1 is 1.42 bits per heavy atom. The predicted octanol–water partition coefficient (Wildman–Crippen LogP) is 2.49. The van der Waals surface area contributed by atoms with Crippen LogP contribution in [-0.4, -0.2) is 40.5 Å². The van der Waals surface area contributed by atoms with Crippen LogP contribution < -0.4 is 0 Å². The summed E-state index contributed by atoms with van der Waals surface area (Å²) in [7, 11) is 0. The van der Waals surface area contributed by atoms with Gasteiger partial charge in [0, 0.05) is 24.0 Å². The number of aromatic nitrogens is 2. The summed E-state index contributed by atoms with van der Waals surface area (Å²) in [6, 6.07) is 6.35. The van der Waals surface area contributed by atoms with Crippen molar-refractivity contribution in [2.24, 2.45) is 0 Å². The van der Waals surface area contributed by atoms with Gasteiger partial charge in [-0.2, -0.15) is 0 Å². The summed E-state index contributed by atoms with van der Waals surface area (Å²) in [5.41, 5.74) is 0.733. The average Bonchev–Trinajstić information content (AvgIpc) is 3.29. The summed E-state index contributed by atoms with van der Waals surface area (Å²) in [6.45, 7) is 3.33. The van der Waals surface area contributed by atoms with E-state index in [2.05, 4.69) is 9.97 Å². The molecule has 1 saturated carbocycles. The molecule has 1 aliphatic carbocycles. The van der Waals surface area contributed by atoms with Gasteiger partial charge in [0.25, 0.3) is 0 Å². The van der Waals surface area contributed by atoms with Crippen molar-refractivity contribution in [1.82, 2.24) is 14.9 Å². The molecule has 0 bridgehead atoms. The maximum Gasteiger partial charge on any atom is 0.234 e. The fourth-order valence-corrected chi connectivity index (χ4v) is 3.52. The van der Waals surface area contributed by atoms with E-state index in [0.717, 1.165) is 11.5 Å². The first kappa shape index (κ1) is 15.3. The van der Waals surface area contributed by atoms with Crippen LogP contribution in [0.5, 0.6) is 0 Å². The normalized spacial score (nSPS) is 22.4. The van der Waals surface area contributed by atoms with Gasteiger partial charge in [-0.1, -0.05) is 18.2 Å². The number of carbonyl (C=O) groups excluding carboxylic acids is 1. The molecule has 1 amide bonds. The smallest absolute Gasteiger partial charge is 0.234 e. The molecular weight excluding hydrogens is 309 g/mol. The quantitative estimate of drug-likeness (QED) is 0.941. The van der Waals surface area contributed by atoms with Crippen LogP contribution in [0.25, 0.3) is 0 Å². The number of nitrogens with zero attached hydrogens (tertiary/aromatic N) is 2.